The molecule has 0 atom stereocenters. The largest absolute Gasteiger partial charge is 0.495 e. The summed E-state index contributed by atoms with van der Waals surface area (Å²) < 4.78 is 32.9. The summed E-state index contributed by atoms with van der Waals surface area (Å²) in [5, 5.41) is 0. The van der Waals surface area contributed by atoms with Crippen LogP contribution in [0.3, 0.4) is 0 Å². The highest BCUT2D eigenvalue weighted by molar-refractivity contribution is 7.91. The van der Waals surface area contributed by atoms with E-state index in [1.807, 2.05) is 32.0 Å². The van der Waals surface area contributed by atoms with Gasteiger partial charge in [-0.05, 0) is 43.7 Å². The van der Waals surface area contributed by atoms with E-state index in [-0.39, 0.29) is 0 Å². The molecule has 0 bridgehead atoms. The van der Waals surface area contributed by atoms with Crippen molar-refractivity contribution in [1.29, 1.82) is 0 Å². The summed E-state index contributed by atoms with van der Waals surface area (Å²) in [6.45, 7) is 6.24. The lowest BCUT2D eigenvalue weighted by atomic mass is 10.1. The Morgan fingerprint density at radius 2 is 1.75 bits per heavy atom. The number of ether oxygens (including phenoxy) is 1. The molecule has 24 heavy (non-hydrogen) atoms. The fourth-order valence-electron chi connectivity index (χ4n) is 2.89. The zero-order valence-corrected chi connectivity index (χ0v) is 15.8. The first-order valence-electron chi connectivity index (χ1n) is 7.88. The molecule has 3 rings (SSSR count). The normalized spacial score (nSPS) is 16.4. The number of rotatable bonds is 4. The zero-order valence-electron chi connectivity index (χ0n) is 14.2. The summed E-state index contributed by atoms with van der Waals surface area (Å²) >= 11 is 1.33. The number of hydrogen-bond donors (Lipinski definition) is 0. The fraction of sp³-hybridized carbons (Fsp3) is 0.412. The number of piperazine rings is 1. The summed E-state index contributed by atoms with van der Waals surface area (Å²) in [6, 6.07) is 9.62. The number of sulfonamides is 1. The SMILES string of the molecule is COc1ccc(C)cc1N1CCN(S(=O)(=O)c2ccc(C)s2)CC1. The average molecular weight is 367 g/mol. The highest BCUT2D eigenvalue weighted by atomic mass is 32.2. The molecule has 0 aliphatic carbocycles. The maximum atomic E-state index is 12.7. The van der Waals surface area contributed by atoms with Crippen molar-refractivity contribution >= 4 is 27.0 Å². The van der Waals surface area contributed by atoms with Crippen LogP contribution in [0.1, 0.15) is 10.4 Å². The van der Waals surface area contributed by atoms with Gasteiger partial charge in [0.05, 0.1) is 12.8 Å². The Bertz CT molecular complexity index is 822. The van der Waals surface area contributed by atoms with Crippen LogP contribution in [0, 0.1) is 13.8 Å². The van der Waals surface area contributed by atoms with Gasteiger partial charge in [-0.25, -0.2) is 8.42 Å². The van der Waals surface area contributed by atoms with Crippen molar-refractivity contribution in [3.8, 4) is 5.75 Å². The van der Waals surface area contributed by atoms with Crippen molar-refractivity contribution in [3.63, 3.8) is 0 Å². The van der Waals surface area contributed by atoms with Crippen molar-refractivity contribution in [3.05, 3.63) is 40.8 Å². The number of nitrogens with zero attached hydrogens (tertiary/aromatic N) is 2. The number of hydrogen-bond acceptors (Lipinski definition) is 5. The first kappa shape index (κ1) is 17.3. The molecule has 1 saturated heterocycles. The van der Waals surface area contributed by atoms with Gasteiger partial charge in [0.2, 0.25) is 0 Å². The molecule has 1 aromatic carbocycles. The summed E-state index contributed by atoms with van der Waals surface area (Å²) in [5.41, 5.74) is 2.19. The van der Waals surface area contributed by atoms with Crippen LogP contribution >= 0.6 is 11.3 Å². The summed E-state index contributed by atoms with van der Waals surface area (Å²) in [7, 11) is -1.72. The lowest BCUT2D eigenvalue weighted by Gasteiger charge is -2.35. The number of benzene rings is 1. The molecule has 0 unspecified atom stereocenters. The molecule has 1 fully saturated rings. The second-order valence-electron chi connectivity index (χ2n) is 5.93. The van der Waals surface area contributed by atoms with Gasteiger partial charge in [-0.1, -0.05) is 6.07 Å². The molecule has 0 spiro atoms. The Hall–Kier alpha value is -1.57. The Labute approximate surface area is 147 Å². The van der Waals surface area contributed by atoms with Crippen LogP contribution in [-0.2, 0) is 10.0 Å². The minimum atomic E-state index is -3.38. The Kier molecular flexibility index (Phi) is 4.85. The molecule has 2 heterocycles. The van der Waals surface area contributed by atoms with Crippen molar-refractivity contribution in [2.45, 2.75) is 18.1 Å². The van der Waals surface area contributed by atoms with Crippen LogP contribution in [0.15, 0.2) is 34.5 Å². The van der Waals surface area contributed by atoms with Gasteiger partial charge in [0, 0.05) is 31.1 Å². The van der Waals surface area contributed by atoms with Crippen LogP contribution in [0.25, 0.3) is 0 Å². The van der Waals surface area contributed by atoms with Crippen molar-refractivity contribution < 1.29 is 13.2 Å². The van der Waals surface area contributed by atoms with Gasteiger partial charge in [0.1, 0.15) is 9.96 Å². The number of methoxy groups -OCH3 is 1. The van der Waals surface area contributed by atoms with E-state index in [4.69, 9.17) is 4.74 Å². The van der Waals surface area contributed by atoms with Gasteiger partial charge < -0.3 is 9.64 Å². The minimum Gasteiger partial charge on any atom is -0.495 e. The average Bonchev–Trinajstić information content (AvgIpc) is 3.02. The van der Waals surface area contributed by atoms with Crippen LogP contribution in [-0.4, -0.2) is 46.0 Å². The van der Waals surface area contributed by atoms with Crippen LogP contribution < -0.4 is 9.64 Å². The lowest BCUT2D eigenvalue weighted by molar-refractivity contribution is 0.379. The van der Waals surface area contributed by atoms with Crippen LogP contribution in [0.5, 0.6) is 5.75 Å². The molecule has 1 aliphatic heterocycles. The number of aryl methyl sites for hydroxylation is 2. The third kappa shape index (κ3) is 3.29. The fourth-order valence-corrected chi connectivity index (χ4v) is 5.75. The molecular formula is C17H22N2O3S2. The van der Waals surface area contributed by atoms with Gasteiger partial charge in [-0.15, -0.1) is 11.3 Å². The Morgan fingerprint density at radius 3 is 2.33 bits per heavy atom. The van der Waals surface area contributed by atoms with Gasteiger partial charge in [0.25, 0.3) is 10.0 Å². The predicted octanol–water partition coefficient (Wildman–Crippen LogP) is 2.88. The van der Waals surface area contributed by atoms with E-state index in [0.717, 1.165) is 21.9 Å². The van der Waals surface area contributed by atoms with E-state index in [2.05, 4.69) is 11.0 Å². The molecule has 0 N–H and O–H groups in total. The highest BCUT2D eigenvalue weighted by Gasteiger charge is 2.30. The van der Waals surface area contributed by atoms with E-state index in [0.29, 0.717) is 30.4 Å². The monoisotopic (exact) mass is 366 g/mol. The van der Waals surface area contributed by atoms with Gasteiger partial charge in [-0.3, -0.25) is 0 Å². The van der Waals surface area contributed by atoms with Gasteiger partial charge in [-0.2, -0.15) is 4.31 Å². The third-order valence-electron chi connectivity index (χ3n) is 4.22. The second-order valence-corrected chi connectivity index (χ2v) is 9.38. The topological polar surface area (TPSA) is 49.9 Å². The summed E-state index contributed by atoms with van der Waals surface area (Å²) in [4.78, 5) is 3.20. The number of anilines is 1. The molecule has 1 aromatic heterocycles. The first-order valence-corrected chi connectivity index (χ1v) is 10.1. The molecule has 5 nitrogen and oxygen atoms in total. The maximum Gasteiger partial charge on any atom is 0.252 e. The Balaban J connectivity index is 1.76. The minimum absolute atomic E-state index is 0.432. The van der Waals surface area contributed by atoms with E-state index >= 15 is 0 Å². The maximum absolute atomic E-state index is 12.7. The van der Waals surface area contributed by atoms with E-state index < -0.39 is 10.0 Å². The zero-order chi connectivity index (χ0) is 17.3. The predicted molar refractivity (Wildman–Crippen MR) is 97.8 cm³/mol. The molecule has 0 saturated carbocycles. The van der Waals surface area contributed by atoms with Crippen molar-refractivity contribution in [2.24, 2.45) is 0 Å². The van der Waals surface area contributed by atoms with Crippen molar-refractivity contribution in [2.75, 3.05) is 38.2 Å². The number of thiophene rings is 1. The van der Waals surface area contributed by atoms with Gasteiger partial charge >= 0.3 is 0 Å². The third-order valence-corrected chi connectivity index (χ3v) is 7.59. The van der Waals surface area contributed by atoms with Crippen LogP contribution in [0.2, 0.25) is 0 Å². The second kappa shape index (κ2) is 6.74. The molecule has 0 radical (unpaired) electrons. The van der Waals surface area contributed by atoms with E-state index in [9.17, 15) is 8.42 Å². The quantitative estimate of drug-likeness (QED) is 0.835. The first-order chi connectivity index (χ1) is 11.4. The molecule has 130 valence electrons. The summed E-state index contributed by atoms with van der Waals surface area (Å²) in [6.07, 6.45) is 0. The smallest absolute Gasteiger partial charge is 0.252 e. The van der Waals surface area contributed by atoms with Crippen molar-refractivity contribution in [1.82, 2.24) is 4.31 Å². The van der Waals surface area contributed by atoms with Gasteiger partial charge in [0.15, 0.2) is 0 Å². The van der Waals surface area contributed by atoms with Crippen LogP contribution in [0.4, 0.5) is 5.69 Å². The molecule has 7 heteroatoms. The molecule has 1 aliphatic rings. The molecular weight excluding hydrogens is 344 g/mol. The lowest BCUT2D eigenvalue weighted by Crippen LogP contribution is -2.48. The molecule has 0 amide bonds. The van der Waals surface area contributed by atoms with E-state index in [1.54, 1.807) is 17.5 Å². The van der Waals surface area contributed by atoms with E-state index in [1.165, 1.54) is 11.3 Å². The standard InChI is InChI=1S/C17H22N2O3S2/c1-13-4-6-16(22-3)15(12-13)18-8-10-19(11-9-18)24(20,21)17-7-5-14(2)23-17/h4-7,12H,8-11H2,1-3H3. The summed E-state index contributed by atoms with van der Waals surface area (Å²) in [5.74, 6) is 0.825. The molecule has 2 aromatic rings. The Morgan fingerprint density at radius 1 is 1.04 bits per heavy atom. The highest BCUT2D eigenvalue weighted by Crippen LogP contribution is 2.31.